The summed E-state index contributed by atoms with van der Waals surface area (Å²) in [4.78, 5) is 16.3. The maximum absolute atomic E-state index is 12.2. The molecule has 184 valence electrons. The van der Waals surface area contributed by atoms with Gasteiger partial charge in [-0.3, -0.25) is 4.79 Å². The number of amides is 1. The van der Waals surface area contributed by atoms with E-state index in [1.165, 1.54) is 10.7 Å². The Morgan fingerprint density at radius 2 is 1.97 bits per heavy atom. The van der Waals surface area contributed by atoms with Crippen LogP contribution in [0.15, 0.2) is 30.4 Å². The fourth-order valence-electron chi connectivity index (χ4n) is 2.99. The molecule has 2 aromatic heterocycles. The van der Waals surface area contributed by atoms with Crippen LogP contribution in [0.3, 0.4) is 0 Å². The van der Waals surface area contributed by atoms with Gasteiger partial charge in [0.05, 0.1) is 36.1 Å². The summed E-state index contributed by atoms with van der Waals surface area (Å²) in [6, 6.07) is 1.59. The molecule has 2 aromatic rings. The maximum atomic E-state index is 12.2. The van der Waals surface area contributed by atoms with E-state index in [4.69, 9.17) is 23.2 Å². The maximum Gasteiger partial charge on any atom is 0.390 e. The first-order valence-electron chi connectivity index (χ1n) is 10.1. The molecule has 0 aliphatic heterocycles. The van der Waals surface area contributed by atoms with Gasteiger partial charge in [-0.25, -0.2) is 24.1 Å². The van der Waals surface area contributed by atoms with Crippen LogP contribution < -0.4 is 16.9 Å². The second-order valence-corrected chi connectivity index (χ2v) is 7.86. The number of carbonyl (C=O) groups is 1. The van der Waals surface area contributed by atoms with E-state index in [0.29, 0.717) is 34.2 Å². The fraction of sp³-hybridized carbons (Fsp3) is 0.526. The van der Waals surface area contributed by atoms with Gasteiger partial charge in [0.25, 0.3) is 5.91 Å². The SMILES string of the molecule is FC1(F)CCCCC1.N/C=C(/C(=O)NCc1cn2ncc(Cl)cc2n1)N(N)CCC(F)(F)F. The molecule has 1 fully saturated rings. The molecule has 0 bridgehead atoms. The van der Waals surface area contributed by atoms with E-state index in [1.807, 2.05) is 0 Å². The molecule has 1 aliphatic rings. The lowest BCUT2D eigenvalue weighted by atomic mass is 9.97. The van der Waals surface area contributed by atoms with Crippen LogP contribution in [0.25, 0.3) is 5.65 Å². The van der Waals surface area contributed by atoms with Crippen LogP contribution in [0.4, 0.5) is 22.0 Å². The van der Waals surface area contributed by atoms with Crippen molar-refractivity contribution in [3.05, 3.63) is 41.1 Å². The van der Waals surface area contributed by atoms with Gasteiger partial charge >= 0.3 is 6.18 Å². The van der Waals surface area contributed by atoms with Gasteiger partial charge in [0.1, 0.15) is 5.70 Å². The first-order valence-corrected chi connectivity index (χ1v) is 10.4. The molecule has 0 saturated heterocycles. The number of carbonyl (C=O) groups excluding carboxylic acids is 1. The summed E-state index contributed by atoms with van der Waals surface area (Å²) in [5.41, 5.74) is 5.96. The molecule has 1 aliphatic carbocycles. The predicted octanol–water partition coefficient (Wildman–Crippen LogP) is 3.51. The Morgan fingerprint density at radius 1 is 1.30 bits per heavy atom. The van der Waals surface area contributed by atoms with Gasteiger partial charge in [-0.1, -0.05) is 18.0 Å². The third kappa shape index (κ3) is 9.00. The van der Waals surface area contributed by atoms with Crippen LogP contribution in [-0.2, 0) is 11.3 Å². The molecule has 1 amide bonds. The number of fused-ring (bicyclic) bond motifs is 1. The Kier molecular flexibility index (Phi) is 9.23. The molecule has 14 heteroatoms. The van der Waals surface area contributed by atoms with Crippen molar-refractivity contribution in [1.82, 2.24) is 24.9 Å². The van der Waals surface area contributed by atoms with E-state index in [1.54, 1.807) is 12.3 Å². The van der Waals surface area contributed by atoms with E-state index in [2.05, 4.69) is 15.4 Å². The van der Waals surface area contributed by atoms with Crippen LogP contribution in [0.1, 0.15) is 44.2 Å². The molecule has 0 spiro atoms. The van der Waals surface area contributed by atoms with Crippen molar-refractivity contribution in [2.45, 2.75) is 57.2 Å². The van der Waals surface area contributed by atoms with Crippen LogP contribution in [0.2, 0.25) is 5.02 Å². The van der Waals surface area contributed by atoms with Gasteiger partial charge < -0.3 is 16.1 Å². The minimum atomic E-state index is -4.39. The summed E-state index contributed by atoms with van der Waals surface area (Å²) in [5.74, 6) is 2.42. The number of nitrogens with one attached hydrogen (secondary N) is 1. The van der Waals surface area contributed by atoms with Gasteiger partial charge in [0, 0.05) is 31.7 Å². The van der Waals surface area contributed by atoms with Crippen molar-refractivity contribution in [3.63, 3.8) is 0 Å². The zero-order chi connectivity index (χ0) is 24.6. The van der Waals surface area contributed by atoms with E-state index in [-0.39, 0.29) is 25.1 Å². The average molecular weight is 498 g/mol. The lowest BCUT2D eigenvalue weighted by Gasteiger charge is -2.21. The topological polar surface area (TPSA) is 115 Å². The summed E-state index contributed by atoms with van der Waals surface area (Å²) in [6.07, 6.45) is 0.945. The number of hydrogen-bond acceptors (Lipinski definition) is 6. The highest BCUT2D eigenvalue weighted by molar-refractivity contribution is 6.30. The fourth-order valence-corrected chi connectivity index (χ4v) is 3.13. The van der Waals surface area contributed by atoms with E-state index >= 15 is 0 Å². The average Bonchev–Trinajstić information content (AvgIpc) is 3.13. The van der Waals surface area contributed by atoms with Crippen molar-refractivity contribution in [2.24, 2.45) is 11.6 Å². The third-order valence-corrected chi connectivity index (χ3v) is 4.89. The van der Waals surface area contributed by atoms with E-state index in [9.17, 15) is 26.7 Å². The Hall–Kier alpha value is -2.67. The molecule has 0 aromatic carbocycles. The van der Waals surface area contributed by atoms with Gasteiger partial charge in [-0.2, -0.15) is 18.3 Å². The minimum Gasteiger partial charge on any atom is -0.403 e. The zero-order valence-corrected chi connectivity index (χ0v) is 18.3. The second-order valence-electron chi connectivity index (χ2n) is 7.42. The number of hydrazine groups is 1. The summed E-state index contributed by atoms with van der Waals surface area (Å²) in [6.45, 7) is -0.596. The number of halogens is 6. The number of imidazole rings is 1. The molecular formula is C19H25ClF5N7O. The molecule has 0 atom stereocenters. The van der Waals surface area contributed by atoms with Crippen LogP contribution in [-0.4, -0.2) is 44.2 Å². The number of aromatic nitrogens is 3. The highest BCUT2D eigenvalue weighted by Gasteiger charge is 2.30. The van der Waals surface area contributed by atoms with Crippen LogP contribution in [0, 0.1) is 0 Å². The summed E-state index contributed by atoms with van der Waals surface area (Å²) in [5, 5.41) is 7.53. The zero-order valence-electron chi connectivity index (χ0n) is 17.6. The van der Waals surface area contributed by atoms with Crippen molar-refractivity contribution in [2.75, 3.05) is 6.54 Å². The number of rotatable bonds is 6. The number of nitrogens with two attached hydrogens (primary N) is 2. The molecule has 0 radical (unpaired) electrons. The standard InChI is InChI=1S/C13H15ClF3N7O.C6H10F2/c14-8-3-11-22-9(7-24(11)21-5-8)6-20-12(25)10(4-18)23(19)2-1-13(15,16)17;7-6(8)4-2-1-3-5-6/h3-5,7H,1-2,6,18-19H2,(H,20,25);1-5H2/b10-4-;. The Morgan fingerprint density at radius 3 is 2.52 bits per heavy atom. The summed E-state index contributed by atoms with van der Waals surface area (Å²) in [7, 11) is 0. The molecular weight excluding hydrogens is 473 g/mol. The monoisotopic (exact) mass is 497 g/mol. The summed E-state index contributed by atoms with van der Waals surface area (Å²) >= 11 is 5.81. The van der Waals surface area contributed by atoms with Crippen molar-refractivity contribution >= 4 is 23.2 Å². The molecule has 33 heavy (non-hydrogen) atoms. The molecule has 0 unspecified atom stereocenters. The molecule has 1 saturated carbocycles. The first-order chi connectivity index (χ1) is 15.4. The van der Waals surface area contributed by atoms with E-state index in [0.717, 1.165) is 12.6 Å². The summed E-state index contributed by atoms with van der Waals surface area (Å²) < 4.78 is 62.5. The molecule has 5 N–H and O–H groups in total. The van der Waals surface area contributed by atoms with Gasteiger partial charge in [0.15, 0.2) is 5.65 Å². The Labute approximate surface area is 191 Å². The molecule has 3 rings (SSSR count). The lowest BCUT2D eigenvalue weighted by molar-refractivity contribution is -0.138. The van der Waals surface area contributed by atoms with Crippen LogP contribution >= 0.6 is 11.6 Å². The highest BCUT2D eigenvalue weighted by Crippen LogP contribution is 2.32. The Balaban J connectivity index is 0.000000405. The number of nitrogens with zero attached hydrogens (tertiary/aromatic N) is 4. The third-order valence-electron chi connectivity index (χ3n) is 4.69. The minimum absolute atomic E-state index is 0.00423. The quantitative estimate of drug-likeness (QED) is 0.243. The van der Waals surface area contributed by atoms with E-state index < -0.39 is 31.0 Å². The van der Waals surface area contributed by atoms with Crippen molar-refractivity contribution in [1.29, 1.82) is 0 Å². The number of alkyl halides is 5. The van der Waals surface area contributed by atoms with Gasteiger partial charge in [0.2, 0.25) is 5.92 Å². The highest BCUT2D eigenvalue weighted by atomic mass is 35.5. The van der Waals surface area contributed by atoms with Crippen molar-refractivity contribution < 1.29 is 26.7 Å². The molecule has 8 nitrogen and oxygen atoms in total. The predicted molar refractivity (Wildman–Crippen MR) is 112 cm³/mol. The largest absolute Gasteiger partial charge is 0.403 e. The van der Waals surface area contributed by atoms with Crippen LogP contribution in [0.5, 0.6) is 0 Å². The smallest absolute Gasteiger partial charge is 0.390 e. The second kappa shape index (κ2) is 11.5. The number of hydrogen-bond donors (Lipinski definition) is 3. The lowest BCUT2D eigenvalue weighted by Crippen LogP contribution is -2.41. The Bertz CT molecular complexity index is 956. The van der Waals surface area contributed by atoms with Gasteiger partial charge in [-0.05, 0) is 12.8 Å². The van der Waals surface area contributed by atoms with Crippen molar-refractivity contribution in [3.8, 4) is 0 Å². The molecule has 2 heterocycles. The first kappa shape index (κ1) is 26.6. The normalized spacial score (nSPS) is 16.2. The van der Waals surface area contributed by atoms with Gasteiger partial charge in [-0.15, -0.1) is 0 Å².